The molecular formula is C18H19ClN2O6S. The summed E-state index contributed by atoms with van der Waals surface area (Å²) >= 11 is 5.78. The van der Waals surface area contributed by atoms with Crippen LogP contribution in [0.15, 0.2) is 47.4 Å². The summed E-state index contributed by atoms with van der Waals surface area (Å²) in [6.07, 6.45) is -1.13. The predicted octanol–water partition coefficient (Wildman–Crippen LogP) is 2.57. The fourth-order valence-electron chi connectivity index (χ4n) is 2.18. The van der Waals surface area contributed by atoms with Gasteiger partial charge in [-0.05, 0) is 56.3 Å². The molecule has 3 N–H and O–H groups in total. The maximum absolute atomic E-state index is 12.2. The first-order valence-corrected chi connectivity index (χ1v) is 10.1. The van der Waals surface area contributed by atoms with E-state index in [1.165, 1.54) is 19.1 Å². The van der Waals surface area contributed by atoms with E-state index in [-0.39, 0.29) is 10.6 Å². The van der Waals surface area contributed by atoms with Gasteiger partial charge in [-0.2, -0.15) is 0 Å². The minimum Gasteiger partial charge on any atom is -0.494 e. The van der Waals surface area contributed by atoms with Crippen molar-refractivity contribution in [1.82, 2.24) is 0 Å². The lowest BCUT2D eigenvalue weighted by Gasteiger charge is -2.14. The summed E-state index contributed by atoms with van der Waals surface area (Å²) < 4.78 is 33.4. The largest absolute Gasteiger partial charge is 0.494 e. The number of ether oxygens (including phenoxy) is 2. The van der Waals surface area contributed by atoms with Gasteiger partial charge in [0.25, 0.3) is 5.91 Å². The lowest BCUT2D eigenvalue weighted by atomic mass is 10.2. The predicted molar refractivity (Wildman–Crippen MR) is 104 cm³/mol. The Labute approximate surface area is 167 Å². The van der Waals surface area contributed by atoms with Crippen LogP contribution in [0.1, 0.15) is 24.2 Å². The summed E-state index contributed by atoms with van der Waals surface area (Å²) in [5, 5.41) is 7.53. The van der Waals surface area contributed by atoms with Gasteiger partial charge in [0.1, 0.15) is 10.6 Å². The van der Waals surface area contributed by atoms with Crippen LogP contribution in [-0.4, -0.2) is 33.0 Å². The molecular weight excluding hydrogens is 408 g/mol. The lowest BCUT2D eigenvalue weighted by Crippen LogP contribution is -2.30. The third-order valence-electron chi connectivity index (χ3n) is 3.56. The fraction of sp³-hybridized carbons (Fsp3) is 0.222. The van der Waals surface area contributed by atoms with Crippen molar-refractivity contribution < 1.29 is 27.5 Å². The smallest absolute Gasteiger partial charge is 0.338 e. The van der Waals surface area contributed by atoms with Gasteiger partial charge in [0.2, 0.25) is 10.0 Å². The number of halogens is 1. The molecule has 1 amide bonds. The zero-order valence-corrected chi connectivity index (χ0v) is 16.7. The van der Waals surface area contributed by atoms with Crippen LogP contribution in [0.5, 0.6) is 5.75 Å². The number of primary sulfonamides is 1. The number of rotatable bonds is 7. The van der Waals surface area contributed by atoms with Gasteiger partial charge < -0.3 is 14.8 Å². The van der Waals surface area contributed by atoms with Crippen LogP contribution in [0.4, 0.5) is 5.69 Å². The highest BCUT2D eigenvalue weighted by atomic mass is 35.5. The molecule has 28 heavy (non-hydrogen) atoms. The van der Waals surface area contributed by atoms with E-state index in [2.05, 4.69) is 5.32 Å². The monoisotopic (exact) mass is 426 g/mol. The molecule has 0 aromatic heterocycles. The Bertz CT molecular complexity index is 976. The summed E-state index contributed by atoms with van der Waals surface area (Å²) in [4.78, 5) is 24.0. The van der Waals surface area contributed by atoms with Gasteiger partial charge in [0, 0.05) is 5.69 Å². The van der Waals surface area contributed by atoms with Gasteiger partial charge >= 0.3 is 5.97 Å². The maximum Gasteiger partial charge on any atom is 0.338 e. The minimum absolute atomic E-state index is 0.103. The highest BCUT2D eigenvalue weighted by Gasteiger charge is 2.21. The molecule has 0 radical (unpaired) electrons. The van der Waals surface area contributed by atoms with Crippen molar-refractivity contribution in [2.75, 3.05) is 11.9 Å². The Kier molecular flexibility index (Phi) is 7.00. The number of hydrogen-bond donors (Lipinski definition) is 2. The molecule has 150 valence electrons. The van der Waals surface area contributed by atoms with E-state index in [0.29, 0.717) is 18.0 Å². The zero-order valence-electron chi connectivity index (χ0n) is 15.1. The van der Waals surface area contributed by atoms with E-state index in [0.717, 1.165) is 6.07 Å². The topological polar surface area (TPSA) is 125 Å². The molecule has 10 heteroatoms. The van der Waals surface area contributed by atoms with Crippen LogP contribution in [0, 0.1) is 0 Å². The molecule has 8 nitrogen and oxygen atoms in total. The Morgan fingerprint density at radius 3 is 2.39 bits per heavy atom. The van der Waals surface area contributed by atoms with Crippen molar-refractivity contribution >= 4 is 39.2 Å². The third kappa shape index (κ3) is 5.69. The molecule has 0 fully saturated rings. The van der Waals surface area contributed by atoms with Gasteiger partial charge in [-0.3, -0.25) is 4.79 Å². The Balaban J connectivity index is 2.04. The first kappa shape index (κ1) is 21.7. The molecule has 0 aliphatic rings. The molecule has 1 atom stereocenters. The summed E-state index contributed by atoms with van der Waals surface area (Å²) in [6.45, 7) is 3.77. The number of benzene rings is 2. The summed E-state index contributed by atoms with van der Waals surface area (Å²) in [7, 11) is -4.11. The number of carbonyl (C=O) groups is 2. The Hall–Kier alpha value is -2.62. The maximum atomic E-state index is 12.2. The second kappa shape index (κ2) is 9.05. The summed E-state index contributed by atoms with van der Waals surface area (Å²) in [5.41, 5.74) is 0.397. The molecule has 2 aromatic rings. The number of anilines is 1. The number of nitrogens with one attached hydrogen (secondary N) is 1. The van der Waals surface area contributed by atoms with E-state index in [4.69, 9.17) is 26.2 Å². The van der Waals surface area contributed by atoms with E-state index >= 15 is 0 Å². The van der Waals surface area contributed by atoms with Gasteiger partial charge in [0.15, 0.2) is 6.10 Å². The second-order valence-electron chi connectivity index (χ2n) is 5.68. The van der Waals surface area contributed by atoms with Crippen LogP contribution >= 0.6 is 11.6 Å². The fourth-order valence-corrected chi connectivity index (χ4v) is 3.25. The first-order chi connectivity index (χ1) is 13.1. The van der Waals surface area contributed by atoms with Crippen LogP contribution in [0.3, 0.4) is 0 Å². The number of nitrogens with two attached hydrogens (primary N) is 1. The molecule has 2 aromatic carbocycles. The second-order valence-corrected chi connectivity index (χ2v) is 7.62. The molecule has 1 unspecified atom stereocenters. The van der Waals surface area contributed by atoms with Crippen molar-refractivity contribution in [2.24, 2.45) is 5.14 Å². The number of esters is 1. The molecule has 0 aliphatic carbocycles. The van der Waals surface area contributed by atoms with Crippen LogP contribution in [0.25, 0.3) is 0 Å². The van der Waals surface area contributed by atoms with Gasteiger partial charge in [0.05, 0.1) is 17.2 Å². The molecule has 0 bridgehead atoms. The standard InChI is InChI=1S/C18H19ClN2O6S/c1-3-26-14-7-5-13(6-8-14)21-17(22)11(2)27-18(23)12-4-9-15(19)16(10-12)28(20,24)25/h4-11H,3H2,1-2H3,(H,21,22)(H2,20,24,25). The van der Waals surface area contributed by atoms with E-state index in [1.54, 1.807) is 24.3 Å². The SMILES string of the molecule is CCOc1ccc(NC(=O)C(C)OC(=O)c2ccc(Cl)c(S(N)(=O)=O)c2)cc1. The number of amides is 1. The quantitative estimate of drug-likeness (QED) is 0.655. The van der Waals surface area contributed by atoms with Gasteiger partial charge in [-0.1, -0.05) is 11.6 Å². The molecule has 0 saturated carbocycles. The molecule has 0 heterocycles. The van der Waals surface area contributed by atoms with Crippen molar-refractivity contribution in [2.45, 2.75) is 24.8 Å². The molecule has 0 aliphatic heterocycles. The van der Waals surface area contributed by atoms with E-state index < -0.39 is 32.9 Å². The highest BCUT2D eigenvalue weighted by molar-refractivity contribution is 7.89. The summed E-state index contributed by atoms with van der Waals surface area (Å²) in [5.74, 6) is -0.789. The number of sulfonamides is 1. The summed E-state index contributed by atoms with van der Waals surface area (Å²) in [6, 6.07) is 10.2. The van der Waals surface area contributed by atoms with Crippen LogP contribution < -0.4 is 15.2 Å². The van der Waals surface area contributed by atoms with Crippen molar-refractivity contribution in [3.8, 4) is 5.75 Å². The van der Waals surface area contributed by atoms with Crippen molar-refractivity contribution in [3.05, 3.63) is 53.1 Å². The Morgan fingerprint density at radius 2 is 1.82 bits per heavy atom. The zero-order chi connectivity index (χ0) is 20.9. The average molecular weight is 427 g/mol. The van der Waals surface area contributed by atoms with Gasteiger partial charge in [-0.25, -0.2) is 18.4 Å². The Morgan fingerprint density at radius 1 is 1.18 bits per heavy atom. The number of hydrogen-bond acceptors (Lipinski definition) is 6. The first-order valence-electron chi connectivity index (χ1n) is 8.19. The van der Waals surface area contributed by atoms with Crippen LogP contribution in [-0.2, 0) is 19.6 Å². The number of carbonyl (C=O) groups excluding carboxylic acids is 2. The average Bonchev–Trinajstić information content (AvgIpc) is 2.62. The molecule has 0 spiro atoms. The van der Waals surface area contributed by atoms with E-state index in [9.17, 15) is 18.0 Å². The van der Waals surface area contributed by atoms with Crippen molar-refractivity contribution in [1.29, 1.82) is 0 Å². The van der Waals surface area contributed by atoms with Crippen LogP contribution in [0.2, 0.25) is 5.02 Å². The highest BCUT2D eigenvalue weighted by Crippen LogP contribution is 2.22. The van der Waals surface area contributed by atoms with E-state index in [1.807, 2.05) is 6.92 Å². The molecule has 0 saturated heterocycles. The van der Waals surface area contributed by atoms with Gasteiger partial charge in [-0.15, -0.1) is 0 Å². The lowest BCUT2D eigenvalue weighted by molar-refractivity contribution is -0.123. The normalized spacial score (nSPS) is 12.1. The molecule has 2 rings (SSSR count). The minimum atomic E-state index is -4.11. The third-order valence-corrected chi connectivity index (χ3v) is 4.95. The van der Waals surface area contributed by atoms with Crippen molar-refractivity contribution in [3.63, 3.8) is 0 Å².